The third kappa shape index (κ3) is 3.69. The largest absolute Gasteiger partial charge is 0.326 e. The minimum absolute atomic E-state index is 0.207. The van der Waals surface area contributed by atoms with Crippen molar-refractivity contribution in [3.63, 3.8) is 0 Å². The summed E-state index contributed by atoms with van der Waals surface area (Å²) in [4.78, 5) is 23.4. The summed E-state index contributed by atoms with van der Waals surface area (Å²) in [6, 6.07) is 9.51. The highest BCUT2D eigenvalue weighted by Crippen LogP contribution is 2.19. The summed E-state index contributed by atoms with van der Waals surface area (Å²) in [5, 5.41) is 5.30. The second kappa shape index (κ2) is 6.39. The smallest absolute Gasteiger partial charge is 0.255 e. The van der Waals surface area contributed by atoms with Crippen molar-refractivity contribution < 1.29 is 14.0 Å². The molecule has 2 amide bonds. The van der Waals surface area contributed by atoms with Crippen LogP contribution in [0.25, 0.3) is 0 Å². The molecule has 2 aromatic carbocycles. The molecule has 0 saturated carbocycles. The average Bonchev–Trinajstić information content (AvgIpc) is 2.44. The number of rotatable bonds is 3. The third-order valence-electron chi connectivity index (χ3n) is 3.24. The van der Waals surface area contributed by atoms with Crippen LogP contribution in [-0.4, -0.2) is 11.8 Å². The van der Waals surface area contributed by atoms with Crippen molar-refractivity contribution in [2.24, 2.45) is 0 Å². The zero-order chi connectivity index (χ0) is 16.3. The standard InChI is InChI=1S/C17H17FN2O2/c1-10-5-7-14(9-15(10)18)20-17(22)13-6-4-11(2)16(8-13)19-12(3)21/h4-9H,1-3H3,(H,19,21)(H,20,22). The van der Waals surface area contributed by atoms with Gasteiger partial charge >= 0.3 is 0 Å². The fourth-order valence-corrected chi connectivity index (χ4v) is 1.96. The molecule has 2 aromatic rings. The molecule has 0 saturated heterocycles. The average molecular weight is 300 g/mol. The van der Waals surface area contributed by atoms with E-state index in [4.69, 9.17) is 0 Å². The van der Waals surface area contributed by atoms with Gasteiger partial charge in [0.05, 0.1) is 0 Å². The molecule has 0 aliphatic carbocycles. The fourth-order valence-electron chi connectivity index (χ4n) is 1.96. The van der Waals surface area contributed by atoms with E-state index in [1.807, 2.05) is 6.92 Å². The Bertz CT molecular complexity index is 741. The van der Waals surface area contributed by atoms with Crippen molar-refractivity contribution in [1.82, 2.24) is 0 Å². The lowest BCUT2D eigenvalue weighted by molar-refractivity contribution is -0.114. The van der Waals surface area contributed by atoms with Crippen molar-refractivity contribution in [3.8, 4) is 0 Å². The summed E-state index contributed by atoms with van der Waals surface area (Å²) in [6.07, 6.45) is 0. The lowest BCUT2D eigenvalue weighted by Crippen LogP contribution is -2.14. The van der Waals surface area contributed by atoms with Crippen LogP contribution in [0.15, 0.2) is 36.4 Å². The lowest BCUT2D eigenvalue weighted by atomic mass is 10.1. The molecule has 0 fully saturated rings. The van der Waals surface area contributed by atoms with E-state index in [1.165, 1.54) is 13.0 Å². The van der Waals surface area contributed by atoms with E-state index in [9.17, 15) is 14.0 Å². The van der Waals surface area contributed by atoms with E-state index in [0.717, 1.165) is 5.56 Å². The summed E-state index contributed by atoms with van der Waals surface area (Å²) < 4.78 is 13.5. The van der Waals surface area contributed by atoms with Crippen molar-refractivity contribution in [1.29, 1.82) is 0 Å². The van der Waals surface area contributed by atoms with Gasteiger partial charge in [-0.15, -0.1) is 0 Å². The molecule has 0 aliphatic rings. The predicted octanol–water partition coefficient (Wildman–Crippen LogP) is 3.65. The molecule has 0 radical (unpaired) electrons. The molecule has 0 atom stereocenters. The van der Waals surface area contributed by atoms with Crippen molar-refractivity contribution >= 4 is 23.2 Å². The van der Waals surface area contributed by atoms with Gasteiger partial charge < -0.3 is 10.6 Å². The van der Waals surface area contributed by atoms with Crippen LogP contribution < -0.4 is 10.6 Å². The van der Waals surface area contributed by atoms with Gasteiger partial charge in [0.1, 0.15) is 5.82 Å². The van der Waals surface area contributed by atoms with Crippen LogP contribution in [0, 0.1) is 19.7 Å². The zero-order valence-electron chi connectivity index (χ0n) is 12.7. The highest BCUT2D eigenvalue weighted by molar-refractivity contribution is 6.05. The van der Waals surface area contributed by atoms with Gasteiger partial charge in [-0.25, -0.2) is 4.39 Å². The van der Waals surface area contributed by atoms with Gasteiger partial charge in [-0.1, -0.05) is 12.1 Å². The van der Waals surface area contributed by atoms with Crippen LogP contribution in [-0.2, 0) is 4.79 Å². The van der Waals surface area contributed by atoms with Crippen molar-refractivity contribution in [3.05, 3.63) is 58.9 Å². The summed E-state index contributed by atoms with van der Waals surface area (Å²) in [5.74, 6) is -0.947. The number of nitrogens with one attached hydrogen (secondary N) is 2. The Labute approximate surface area is 128 Å². The highest BCUT2D eigenvalue weighted by Gasteiger charge is 2.10. The number of hydrogen-bond acceptors (Lipinski definition) is 2. The number of anilines is 2. The van der Waals surface area contributed by atoms with Crippen molar-refractivity contribution in [2.45, 2.75) is 20.8 Å². The summed E-state index contributed by atoms with van der Waals surface area (Å²) in [6.45, 7) is 4.89. The Morgan fingerprint density at radius 1 is 0.955 bits per heavy atom. The number of carbonyl (C=O) groups excluding carboxylic acids is 2. The number of halogens is 1. The first kappa shape index (κ1) is 15.7. The van der Waals surface area contributed by atoms with Gasteiger partial charge in [-0.05, 0) is 49.2 Å². The first-order valence-corrected chi connectivity index (χ1v) is 6.82. The second-order valence-electron chi connectivity index (χ2n) is 5.13. The molecule has 0 spiro atoms. The van der Waals surface area contributed by atoms with Crippen molar-refractivity contribution in [2.75, 3.05) is 10.6 Å². The Morgan fingerprint density at radius 3 is 2.27 bits per heavy atom. The molecule has 0 heterocycles. The number of aryl methyl sites for hydroxylation is 2. The quantitative estimate of drug-likeness (QED) is 0.909. The molecular formula is C17H17FN2O2. The topological polar surface area (TPSA) is 58.2 Å². The molecule has 2 rings (SSSR count). The maximum atomic E-state index is 13.5. The third-order valence-corrected chi connectivity index (χ3v) is 3.24. The molecule has 2 N–H and O–H groups in total. The van der Waals surface area contributed by atoms with Gasteiger partial charge in [-0.3, -0.25) is 9.59 Å². The predicted molar refractivity (Wildman–Crippen MR) is 84.6 cm³/mol. The van der Waals surface area contributed by atoms with E-state index in [2.05, 4.69) is 10.6 Å². The van der Waals surface area contributed by atoms with Crippen LogP contribution in [0.2, 0.25) is 0 Å². The second-order valence-corrected chi connectivity index (χ2v) is 5.13. The normalized spacial score (nSPS) is 10.2. The SMILES string of the molecule is CC(=O)Nc1cc(C(=O)Nc2ccc(C)c(F)c2)ccc1C. The molecular weight excluding hydrogens is 283 g/mol. The molecule has 114 valence electrons. The molecule has 0 aromatic heterocycles. The van der Waals surface area contributed by atoms with Crippen LogP contribution >= 0.6 is 0 Å². The van der Waals surface area contributed by atoms with E-state index < -0.39 is 0 Å². The lowest BCUT2D eigenvalue weighted by Gasteiger charge is -2.10. The Kier molecular flexibility index (Phi) is 4.56. The van der Waals surface area contributed by atoms with Crippen LogP contribution in [0.5, 0.6) is 0 Å². The monoisotopic (exact) mass is 300 g/mol. The molecule has 22 heavy (non-hydrogen) atoms. The van der Waals surface area contributed by atoms with Gasteiger partial charge in [0.2, 0.25) is 5.91 Å². The first-order chi connectivity index (χ1) is 10.4. The summed E-state index contributed by atoms with van der Waals surface area (Å²) in [5.41, 5.74) is 2.72. The summed E-state index contributed by atoms with van der Waals surface area (Å²) in [7, 11) is 0. The maximum Gasteiger partial charge on any atom is 0.255 e. The van der Waals surface area contributed by atoms with E-state index in [0.29, 0.717) is 22.5 Å². The Balaban J connectivity index is 2.22. The van der Waals surface area contributed by atoms with E-state index >= 15 is 0 Å². The van der Waals surface area contributed by atoms with Gasteiger partial charge in [0, 0.05) is 23.9 Å². The number of carbonyl (C=O) groups is 2. The van der Waals surface area contributed by atoms with Crippen LogP contribution in [0.3, 0.4) is 0 Å². The molecule has 5 heteroatoms. The number of hydrogen-bond donors (Lipinski definition) is 2. The Morgan fingerprint density at radius 2 is 1.64 bits per heavy atom. The van der Waals surface area contributed by atoms with Crippen LogP contribution in [0.4, 0.5) is 15.8 Å². The van der Waals surface area contributed by atoms with Crippen LogP contribution in [0.1, 0.15) is 28.4 Å². The van der Waals surface area contributed by atoms with Gasteiger partial charge in [0.15, 0.2) is 0 Å². The minimum atomic E-state index is -0.374. The Hall–Kier alpha value is -2.69. The highest BCUT2D eigenvalue weighted by atomic mass is 19.1. The molecule has 0 aliphatic heterocycles. The number of amides is 2. The zero-order valence-corrected chi connectivity index (χ0v) is 12.7. The first-order valence-electron chi connectivity index (χ1n) is 6.82. The molecule has 0 unspecified atom stereocenters. The van der Waals surface area contributed by atoms with E-state index in [1.54, 1.807) is 37.3 Å². The van der Waals surface area contributed by atoms with Gasteiger partial charge in [-0.2, -0.15) is 0 Å². The fraction of sp³-hybridized carbons (Fsp3) is 0.176. The number of benzene rings is 2. The van der Waals surface area contributed by atoms with Gasteiger partial charge in [0.25, 0.3) is 5.91 Å². The van der Waals surface area contributed by atoms with E-state index in [-0.39, 0.29) is 17.6 Å². The minimum Gasteiger partial charge on any atom is -0.326 e. The summed E-state index contributed by atoms with van der Waals surface area (Å²) >= 11 is 0. The maximum absolute atomic E-state index is 13.5. The molecule has 4 nitrogen and oxygen atoms in total. The molecule has 0 bridgehead atoms.